The van der Waals surface area contributed by atoms with Crippen molar-refractivity contribution in [3.63, 3.8) is 0 Å². The number of hydrogen-bond donors (Lipinski definition) is 0. The van der Waals surface area contributed by atoms with Crippen molar-refractivity contribution in [1.82, 2.24) is 0 Å². The Balaban J connectivity index is 0.000000921. The SMILES string of the molecule is CC.CCCc1ccc(C(=O)CC)cc1. The monoisotopic (exact) mass is 206 g/mol. The largest absolute Gasteiger partial charge is 0.294 e. The van der Waals surface area contributed by atoms with Gasteiger partial charge in [0.15, 0.2) is 5.78 Å². The van der Waals surface area contributed by atoms with Crippen LogP contribution >= 0.6 is 0 Å². The van der Waals surface area contributed by atoms with E-state index >= 15 is 0 Å². The molecule has 1 nitrogen and oxygen atoms in total. The Morgan fingerprint density at radius 1 is 1.07 bits per heavy atom. The molecule has 1 aromatic carbocycles. The van der Waals surface area contributed by atoms with Crippen LogP contribution in [-0.4, -0.2) is 5.78 Å². The molecular formula is C14H22O. The molecule has 1 rings (SSSR count). The third kappa shape index (κ3) is 4.78. The minimum absolute atomic E-state index is 0.225. The molecule has 0 saturated carbocycles. The lowest BCUT2D eigenvalue weighted by Gasteiger charge is -2.00. The molecule has 1 heteroatoms. The number of carbonyl (C=O) groups excluding carboxylic acids is 1. The summed E-state index contributed by atoms with van der Waals surface area (Å²) in [5.74, 6) is 0.225. The minimum atomic E-state index is 0.225. The van der Waals surface area contributed by atoms with E-state index in [-0.39, 0.29) is 5.78 Å². The highest BCUT2D eigenvalue weighted by atomic mass is 16.1. The van der Waals surface area contributed by atoms with E-state index in [0.29, 0.717) is 6.42 Å². The zero-order valence-corrected chi connectivity index (χ0v) is 10.3. The van der Waals surface area contributed by atoms with Crippen molar-refractivity contribution in [3.8, 4) is 0 Å². The smallest absolute Gasteiger partial charge is 0.162 e. The summed E-state index contributed by atoms with van der Waals surface area (Å²) in [5.41, 5.74) is 2.15. The van der Waals surface area contributed by atoms with Crippen LogP contribution in [0.15, 0.2) is 24.3 Å². The Kier molecular flexibility index (Phi) is 7.61. The summed E-state index contributed by atoms with van der Waals surface area (Å²) >= 11 is 0. The molecule has 0 saturated heterocycles. The Morgan fingerprint density at radius 2 is 1.60 bits per heavy atom. The van der Waals surface area contributed by atoms with Gasteiger partial charge in [-0.05, 0) is 12.0 Å². The first-order valence-corrected chi connectivity index (χ1v) is 5.90. The van der Waals surface area contributed by atoms with Crippen molar-refractivity contribution in [2.24, 2.45) is 0 Å². The van der Waals surface area contributed by atoms with Crippen LogP contribution in [-0.2, 0) is 6.42 Å². The first-order valence-electron chi connectivity index (χ1n) is 5.90. The summed E-state index contributed by atoms with van der Waals surface area (Å²) in [6.07, 6.45) is 2.84. The third-order valence-electron chi connectivity index (χ3n) is 2.14. The predicted molar refractivity (Wildman–Crippen MR) is 66.4 cm³/mol. The van der Waals surface area contributed by atoms with Gasteiger partial charge in [-0.1, -0.05) is 58.4 Å². The minimum Gasteiger partial charge on any atom is -0.294 e. The summed E-state index contributed by atoms with van der Waals surface area (Å²) in [4.78, 5) is 11.3. The second-order valence-electron chi connectivity index (χ2n) is 3.22. The van der Waals surface area contributed by atoms with Crippen molar-refractivity contribution in [3.05, 3.63) is 35.4 Å². The van der Waals surface area contributed by atoms with E-state index in [4.69, 9.17) is 0 Å². The highest BCUT2D eigenvalue weighted by Crippen LogP contribution is 2.08. The summed E-state index contributed by atoms with van der Waals surface area (Å²) in [6.45, 7) is 8.05. The van der Waals surface area contributed by atoms with Gasteiger partial charge in [0.2, 0.25) is 0 Å². The van der Waals surface area contributed by atoms with E-state index in [0.717, 1.165) is 18.4 Å². The van der Waals surface area contributed by atoms with Crippen molar-refractivity contribution < 1.29 is 4.79 Å². The molecule has 0 amide bonds. The Labute approximate surface area is 93.5 Å². The summed E-state index contributed by atoms with van der Waals surface area (Å²) < 4.78 is 0. The van der Waals surface area contributed by atoms with Gasteiger partial charge in [0.1, 0.15) is 0 Å². The normalized spacial score (nSPS) is 9.07. The highest BCUT2D eigenvalue weighted by Gasteiger charge is 2.01. The average Bonchev–Trinajstić information content (AvgIpc) is 2.32. The van der Waals surface area contributed by atoms with Crippen LogP contribution in [0.1, 0.15) is 56.5 Å². The Morgan fingerprint density at radius 3 is 2.00 bits per heavy atom. The van der Waals surface area contributed by atoms with Gasteiger partial charge in [0.25, 0.3) is 0 Å². The van der Waals surface area contributed by atoms with E-state index in [2.05, 4.69) is 6.92 Å². The molecule has 0 aromatic heterocycles. The summed E-state index contributed by atoms with van der Waals surface area (Å²) in [5, 5.41) is 0. The van der Waals surface area contributed by atoms with Crippen molar-refractivity contribution in [2.45, 2.75) is 47.0 Å². The number of ketones is 1. The maximum absolute atomic E-state index is 11.3. The highest BCUT2D eigenvalue weighted by molar-refractivity contribution is 5.95. The van der Waals surface area contributed by atoms with Crippen LogP contribution in [0, 0.1) is 0 Å². The molecule has 0 spiro atoms. The van der Waals surface area contributed by atoms with Crippen molar-refractivity contribution in [1.29, 1.82) is 0 Å². The molecule has 0 radical (unpaired) electrons. The van der Waals surface area contributed by atoms with Crippen molar-refractivity contribution >= 4 is 5.78 Å². The average molecular weight is 206 g/mol. The van der Waals surface area contributed by atoms with Crippen LogP contribution < -0.4 is 0 Å². The van der Waals surface area contributed by atoms with Crippen LogP contribution in [0.2, 0.25) is 0 Å². The fourth-order valence-electron chi connectivity index (χ4n) is 1.35. The van der Waals surface area contributed by atoms with Gasteiger partial charge in [0.05, 0.1) is 0 Å². The molecule has 0 aliphatic heterocycles. The Hall–Kier alpha value is -1.11. The van der Waals surface area contributed by atoms with E-state index in [1.54, 1.807) is 0 Å². The van der Waals surface area contributed by atoms with Crippen LogP contribution in [0.5, 0.6) is 0 Å². The van der Waals surface area contributed by atoms with Gasteiger partial charge in [-0.25, -0.2) is 0 Å². The van der Waals surface area contributed by atoms with Gasteiger partial charge in [-0.2, -0.15) is 0 Å². The first kappa shape index (κ1) is 13.9. The quantitative estimate of drug-likeness (QED) is 0.673. The molecule has 0 unspecified atom stereocenters. The number of aryl methyl sites for hydroxylation is 1. The zero-order valence-electron chi connectivity index (χ0n) is 10.3. The number of hydrogen-bond acceptors (Lipinski definition) is 1. The Bertz CT molecular complexity index is 272. The maximum atomic E-state index is 11.3. The van der Waals surface area contributed by atoms with Gasteiger partial charge in [-0.3, -0.25) is 4.79 Å². The maximum Gasteiger partial charge on any atom is 0.162 e. The number of benzene rings is 1. The van der Waals surface area contributed by atoms with E-state index in [1.807, 2.05) is 45.0 Å². The molecule has 0 fully saturated rings. The summed E-state index contributed by atoms with van der Waals surface area (Å²) in [7, 11) is 0. The van der Waals surface area contributed by atoms with Crippen LogP contribution in [0.25, 0.3) is 0 Å². The molecule has 84 valence electrons. The standard InChI is InChI=1S/C12H16O.C2H6/c1-3-5-10-6-8-11(9-7-10)12(13)4-2;1-2/h6-9H,3-5H2,1-2H3;1-2H3. The van der Waals surface area contributed by atoms with Crippen LogP contribution in [0.3, 0.4) is 0 Å². The third-order valence-corrected chi connectivity index (χ3v) is 2.14. The summed E-state index contributed by atoms with van der Waals surface area (Å²) in [6, 6.07) is 7.95. The molecule has 1 aromatic rings. The molecule has 0 aliphatic rings. The number of rotatable bonds is 4. The molecule has 0 aliphatic carbocycles. The number of Topliss-reactive ketones (excluding diaryl/α,β-unsaturated/α-hetero) is 1. The molecule has 0 heterocycles. The van der Waals surface area contributed by atoms with Crippen LogP contribution in [0.4, 0.5) is 0 Å². The van der Waals surface area contributed by atoms with Gasteiger partial charge in [0, 0.05) is 12.0 Å². The lowest BCUT2D eigenvalue weighted by molar-refractivity contribution is 0.0988. The second kappa shape index (κ2) is 8.22. The molecule has 0 N–H and O–H groups in total. The predicted octanol–water partition coefficient (Wildman–Crippen LogP) is 4.26. The number of carbonyl (C=O) groups is 1. The molecule has 0 bridgehead atoms. The fraction of sp³-hybridized carbons (Fsp3) is 0.500. The van der Waals surface area contributed by atoms with Crippen molar-refractivity contribution in [2.75, 3.05) is 0 Å². The van der Waals surface area contributed by atoms with Gasteiger partial charge < -0.3 is 0 Å². The van der Waals surface area contributed by atoms with E-state index in [9.17, 15) is 4.79 Å². The van der Waals surface area contributed by atoms with Gasteiger partial charge in [-0.15, -0.1) is 0 Å². The molecule has 0 atom stereocenters. The van der Waals surface area contributed by atoms with E-state index in [1.165, 1.54) is 5.56 Å². The lowest BCUT2D eigenvalue weighted by atomic mass is 10.0. The first-order chi connectivity index (χ1) is 7.27. The fourth-order valence-corrected chi connectivity index (χ4v) is 1.35. The van der Waals surface area contributed by atoms with E-state index < -0.39 is 0 Å². The molecular weight excluding hydrogens is 184 g/mol. The lowest BCUT2D eigenvalue weighted by Crippen LogP contribution is -1.96. The molecule has 15 heavy (non-hydrogen) atoms. The topological polar surface area (TPSA) is 17.1 Å². The van der Waals surface area contributed by atoms with Gasteiger partial charge >= 0.3 is 0 Å². The zero-order chi connectivity index (χ0) is 11.7. The second-order valence-corrected chi connectivity index (χ2v) is 3.22.